The summed E-state index contributed by atoms with van der Waals surface area (Å²) < 4.78 is 4.96. The van der Waals surface area contributed by atoms with Gasteiger partial charge in [0.05, 0.1) is 0 Å². The molecule has 0 heterocycles. The highest BCUT2D eigenvalue weighted by atomic mass is 28.3. The van der Waals surface area contributed by atoms with Crippen molar-refractivity contribution in [1.82, 2.24) is 0 Å². The Balaban J connectivity index is 3.61. The van der Waals surface area contributed by atoms with Crippen LogP contribution in [-0.2, 0) is 9.22 Å². The van der Waals surface area contributed by atoms with Crippen molar-refractivity contribution in [2.75, 3.05) is 0 Å². The van der Waals surface area contributed by atoms with Gasteiger partial charge < -0.3 is 9.53 Å². The fourth-order valence-corrected chi connectivity index (χ4v) is 1.45. The molecule has 3 nitrogen and oxygen atoms in total. The van der Waals surface area contributed by atoms with Crippen molar-refractivity contribution in [1.29, 1.82) is 0 Å². The van der Waals surface area contributed by atoms with Crippen LogP contribution in [-0.4, -0.2) is 26.2 Å². The molecule has 0 aliphatic rings. The van der Waals surface area contributed by atoms with E-state index in [0.717, 1.165) is 12.8 Å². The molecule has 12 heavy (non-hydrogen) atoms. The Kier molecular flexibility index (Phi) is 6.01. The lowest BCUT2D eigenvalue weighted by Gasteiger charge is -2.11. The quantitative estimate of drug-likeness (QED) is 0.659. The van der Waals surface area contributed by atoms with Gasteiger partial charge in [-0.1, -0.05) is 19.8 Å². The van der Waals surface area contributed by atoms with Crippen LogP contribution in [0.4, 0.5) is 0 Å². The second kappa shape index (κ2) is 6.19. The first-order valence-electron chi connectivity index (χ1n) is 4.46. The van der Waals surface area contributed by atoms with Crippen LogP contribution in [0.3, 0.4) is 0 Å². The Morgan fingerprint density at radius 1 is 1.58 bits per heavy atom. The van der Waals surface area contributed by atoms with E-state index in [1.165, 1.54) is 0 Å². The number of aliphatic hydroxyl groups excluding tert-OH is 1. The molecule has 0 spiro atoms. The number of carbonyl (C=O) groups excluding carboxylic acids is 1. The van der Waals surface area contributed by atoms with Gasteiger partial charge in [0.2, 0.25) is 9.04 Å². The Labute approximate surface area is 75.5 Å². The predicted molar refractivity (Wildman–Crippen MR) is 50.5 cm³/mol. The van der Waals surface area contributed by atoms with Crippen molar-refractivity contribution in [2.45, 2.75) is 45.4 Å². The summed E-state index contributed by atoms with van der Waals surface area (Å²) in [5.74, 6) is -0.440. The first-order chi connectivity index (χ1) is 5.57. The molecule has 1 N–H and O–H groups in total. The second-order valence-corrected chi connectivity index (χ2v) is 5.48. The van der Waals surface area contributed by atoms with Gasteiger partial charge in [-0.2, -0.15) is 0 Å². The van der Waals surface area contributed by atoms with Crippen LogP contribution in [0.2, 0.25) is 13.1 Å². The molecular formula is C8H18O3Si. The Hall–Kier alpha value is -0.353. The summed E-state index contributed by atoms with van der Waals surface area (Å²) in [5, 5.41) is 9.25. The monoisotopic (exact) mass is 190 g/mol. The topological polar surface area (TPSA) is 46.5 Å². The predicted octanol–water partition coefficient (Wildman–Crippen LogP) is 1.06. The van der Waals surface area contributed by atoms with Gasteiger partial charge in [0, 0.05) is 0 Å². The molecule has 0 rings (SSSR count). The summed E-state index contributed by atoms with van der Waals surface area (Å²) >= 11 is 0. The van der Waals surface area contributed by atoms with Gasteiger partial charge >= 0.3 is 5.97 Å². The highest BCUT2D eigenvalue weighted by molar-refractivity contribution is 6.50. The number of carbonyl (C=O) groups is 1. The standard InChI is InChI=1S/C8H18O3Si/c1-4-5-6-7(9)8(10)11-12(2)3/h7,9,12H,4-6H2,1-3H3. The van der Waals surface area contributed by atoms with Gasteiger partial charge in [-0.3, -0.25) is 4.79 Å². The van der Waals surface area contributed by atoms with E-state index in [2.05, 4.69) is 0 Å². The third-order valence-corrected chi connectivity index (χ3v) is 2.16. The highest BCUT2D eigenvalue weighted by Gasteiger charge is 2.16. The number of rotatable bonds is 5. The molecule has 0 aromatic rings. The molecule has 0 aromatic heterocycles. The maximum Gasteiger partial charge on any atom is 0.321 e. The lowest BCUT2D eigenvalue weighted by Crippen LogP contribution is -2.27. The number of hydrogen-bond acceptors (Lipinski definition) is 3. The molecule has 0 fully saturated rings. The maximum atomic E-state index is 11.0. The number of unbranched alkanes of at least 4 members (excludes halogenated alkanes) is 1. The largest absolute Gasteiger partial charge is 0.521 e. The van der Waals surface area contributed by atoms with Gasteiger partial charge in [0.1, 0.15) is 6.10 Å². The van der Waals surface area contributed by atoms with Gasteiger partial charge in [0.25, 0.3) is 0 Å². The van der Waals surface area contributed by atoms with Crippen LogP contribution in [0.25, 0.3) is 0 Å². The second-order valence-electron chi connectivity index (χ2n) is 3.14. The number of hydrogen-bond donors (Lipinski definition) is 1. The lowest BCUT2D eigenvalue weighted by atomic mass is 10.2. The van der Waals surface area contributed by atoms with Gasteiger partial charge in [-0.05, 0) is 19.5 Å². The molecule has 0 saturated carbocycles. The van der Waals surface area contributed by atoms with E-state index in [4.69, 9.17) is 4.43 Å². The van der Waals surface area contributed by atoms with Crippen LogP contribution in [0.5, 0.6) is 0 Å². The summed E-state index contributed by atoms with van der Waals surface area (Å²) in [7, 11) is -1.33. The molecule has 0 bridgehead atoms. The Morgan fingerprint density at radius 2 is 2.17 bits per heavy atom. The zero-order chi connectivity index (χ0) is 9.56. The minimum Gasteiger partial charge on any atom is -0.521 e. The zero-order valence-electron chi connectivity index (χ0n) is 8.04. The third kappa shape index (κ3) is 5.32. The molecule has 72 valence electrons. The third-order valence-electron chi connectivity index (χ3n) is 1.46. The molecule has 0 aliphatic heterocycles. The number of aliphatic hydroxyl groups is 1. The molecular weight excluding hydrogens is 172 g/mol. The highest BCUT2D eigenvalue weighted by Crippen LogP contribution is 2.02. The van der Waals surface area contributed by atoms with Crippen molar-refractivity contribution in [3.63, 3.8) is 0 Å². The molecule has 0 aliphatic carbocycles. The van der Waals surface area contributed by atoms with Crippen molar-refractivity contribution < 1.29 is 14.3 Å². The molecule has 0 radical (unpaired) electrons. The summed E-state index contributed by atoms with van der Waals surface area (Å²) in [6.07, 6.45) is 1.48. The van der Waals surface area contributed by atoms with Crippen molar-refractivity contribution in [3.8, 4) is 0 Å². The van der Waals surface area contributed by atoms with Gasteiger partial charge in [-0.25, -0.2) is 0 Å². The normalized spacial score (nSPS) is 13.1. The maximum absolute atomic E-state index is 11.0. The van der Waals surface area contributed by atoms with E-state index >= 15 is 0 Å². The minimum atomic E-state index is -1.33. The van der Waals surface area contributed by atoms with E-state index in [-0.39, 0.29) is 0 Å². The fourth-order valence-electron chi connectivity index (χ4n) is 0.826. The van der Waals surface area contributed by atoms with Crippen molar-refractivity contribution >= 4 is 15.0 Å². The van der Waals surface area contributed by atoms with Gasteiger partial charge in [-0.15, -0.1) is 0 Å². The van der Waals surface area contributed by atoms with Crippen molar-refractivity contribution in [2.24, 2.45) is 0 Å². The van der Waals surface area contributed by atoms with Gasteiger partial charge in [0.15, 0.2) is 0 Å². The molecule has 0 aromatic carbocycles. The molecule has 0 saturated heterocycles. The Bertz CT molecular complexity index is 136. The molecule has 4 heteroatoms. The smallest absolute Gasteiger partial charge is 0.321 e. The van der Waals surface area contributed by atoms with Crippen LogP contribution in [0, 0.1) is 0 Å². The summed E-state index contributed by atoms with van der Waals surface area (Å²) in [4.78, 5) is 11.0. The van der Waals surface area contributed by atoms with E-state index in [1.807, 2.05) is 20.0 Å². The average molecular weight is 190 g/mol. The van der Waals surface area contributed by atoms with Crippen LogP contribution < -0.4 is 0 Å². The Morgan fingerprint density at radius 3 is 2.58 bits per heavy atom. The fraction of sp³-hybridized carbons (Fsp3) is 0.875. The zero-order valence-corrected chi connectivity index (χ0v) is 9.19. The summed E-state index contributed by atoms with van der Waals surface area (Å²) in [6.45, 7) is 5.84. The van der Waals surface area contributed by atoms with Crippen molar-refractivity contribution in [3.05, 3.63) is 0 Å². The van der Waals surface area contributed by atoms with E-state index in [0.29, 0.717) is 6.42 Å². The van der Waals surface area contributed by atoms with E-state index < -0.39 is 21.1 Å². The minimum absolute atomic E-state index is 0.440. The van der Waals surface area contributed by atoms with Crippen LogP contribution in [0.1, 0.15) is 26.2 Å². The molecule has 1 atom stereocenters. The SMILES string of the molecule is CCCCC(O)C(=O)O[SiH](C)C. The molecule has 1 unspecified atom stereocenters. The first-order valence-corrected chi connectivity index (χ1v) is 7.24. The summed E-state index contributed by atoms with van der Waals surface area (Å²) in [5.41, 5.74) is 0. The van der Waals surface area contributed by atoms with Crippen LogP contribution in [0.15, 0.2) is 0 Å². The van der Waals surface area contributed by atoms with E-state index in [1.54, 1.807) is 0 Å². The molecule has 0 amide bonds. The lowest BCUT2D eigenvalue weighted by molar-refractivity contribution is -0.144. The first kappa shape index (κ1) is 11.6. The average Bonchev–Trinajstić information content (AvgIpc) is 1.98. The summed E-state index contributed by atoms with van der Waals surface area (Å²) in [6, 6.07) is 0. The van der Waals surface area contributed by atoms with E-state index in [9.17, 15) is 9.90 Å². The van der Waals surface area contributed by atoms with Crippen LogP contribution >= 0.6 is 0 Å².